The van der Waals surface area contributed by atoms with E-state index in [-0.39, 0.29) is 30.8 Å². The minimum absolute atomic E-state index is 0. The van der Waals surface area contributed by atoms with Gasteiger partial charge in [0, 0.05) is 31.5 Å². The summed E-state index contributed by atoms with van der Waals surface area (Å²) in [7, 11) is 1.61. The third kappa shape index (κ3) is 7.40. The lowest BCUT2D eigenvalue weighted by Gasteiger charge is -2.11. The summed E-state index contributed by atoms with van der Waals surface area (Å²) in [6, 6.07) is 5.44. The molecule has 124 valence electrons. The van der Waals surface area contributed by atoms with Gasteiger partial charge in [0.2, 0.25) is 11.8 Å². The van der Waals surface area contributed by atoms with Crippen LogP contribution < -0.4 is 16.0 Å². The van der Waals surface area contributed by atoms with Gasteiger partial charge < -0.3 is 20.7 Å². The van der Waals surface area contributed by atoms with Gasteiger partial charge in [-0.15, -0.1) is 12.4 Å². The lowest BCUT2D eigenvalue weighted by molar-refractivity contribution is -0.116. The number of carbonyl (C=O) groups excluding carboxylic acids is 2. The molecule has 0 spiro atoms. The highest BCUT2D eigenvalue weighted by atomic mass is 35.5. The van der Waals surface area contributed by atoms with Crippen molar-refractivity contribution < 1.29 is 14.3 Å². The van der Waals surface area contributed by atoms with Crippen LogP contribution in [0.2, 0.25) is 0 Å². The Morgan fingerprint density at radius 2 is 1.91 bits per heavy atom. The molecule has 0 atom stereocenters. The molecule has 0 radical (unpaired) electrons. The Hall–Kier alpha value is -1.63. The Labute approximate surface area is 137 Å². The fourth-order valence-electron chi connectivity index (χ4n) is 1.65. The van der Waals surface area contributed by atoms with Crippen LogP contribution in [0.25, 0.3) is 0 Å². The number of hydrogen-bond donors (Lipinski definition) is 3. The number of amides is 2. The van der Waals surface area contributed by atoms with Crippen LogP contribution in [-0.4, -0.2) is 38.6 Å². The van der Waals surface area contributed by atoms with Crippen molar-refractivity contribution in [3.05, 3.63) is 23.8 Å². The van der Waals surface area contributed by atoms with Crippen LogP contribution in [0.5, 0.6) is 0 Å². The largest absolute Gasteiger partial charge is 0.383 e. The number of carbonyl (C=O) groups is 2. The maximum Gasteiger partial charge on any atom is 0.238 e. The summed E-state index contributed by atoms with van der Waals surface area (Å²) in [5.41, 5.74) is 2.31. The SMILES string of the molecule is CCC(=O)Nc1ccc(C)c(NC(=O)CNCCOC)c1.Cl. The summed E-state index contributed by atoms with van der Waals surface area (Å²) in [4.78, 5) is 23.2. The summed E-state index contributed by atoms with van der Waals surface area (Å²) in [6.45, 7) is 5.09. The highest BCUT2D eigenvalue weighted by molar-refractivity contribution is 5.95. The lowest BCUT2D eigenvalue weighted by Crippen LogP contribution is -2.30. The van der Waals surface area contributed by atoms with E-state index in [9.17, 15) is 9.59 Å². The van der Waals surface area contributed by atoms with Crippen LogP contribution in [0.1, 0.15) is 18.9 Å². The normalized spacial score (nSPS) is 9.77. The third-order valence-corrected chi connectivity index (χ3v) is 2.89. The van der Waals surface area contributed by atoms with Gasteiger partial charge in [-0.1, -0.05) is 13.0 Å². The van der Waals surface area contributed by atoms with Crippen LogP contribution in [0.4, 0.5) is 11.4 Å². The minimum Gasteiger partial charge on any atom is -0.383 e. The van der Waals surface area contributed by atoms with Crippen molar-refractivity contribution in [1.29, 1.82) is 0 Å². The number of benzene rings is 1. The Morgan fingerprint density at radius 3 is 2.55 bits per heavy atom. The third-order valence-electron chi connectivity index (χ3n) is 2.89. The molecule has 1 rings (SSSR count). The predicted octanol–water partition coefficient (Wildman–Crippen LogP) is 1.94. The Balaban J connectivity index is 0.00000441. The number of aryl methyl sites for hydroxylation is 1. The van der Waals surface area contributed by atoms with Crippen molar-refractivity contribution in [1.82, 2.24) is 5.32 Å². The molecular weight excluding hydrogens is 306 g/mol. The number of methoxy groups -OCH3 is 1. The van der Waals surface area contributed by atoms with Gasteiger partial charge in [0.25, 0.3) is 0 Å². The first-order valence-corrected chi connectivity index (χ1v) is 6.96. The van der Waals surface area contributed by atoms with E-state index in [4.69, 9.17) is 4.74 Å². The number of anilines is 2. The maximum atomic E-state index is 11.8. The molecule has 0 heterocycles. The molecule has 0 saturated carbocycles. The van der Waals surface area contributed by atoms with E-state index in [0.717, 1.165) is 5.56 Å². The quantitative estimate of drug-likeness (QED) is 0.637. The molecule has 0 aliphatic carbocycles. The summed E-state index contributed by atoms with van der Waals surface area (Å²) in [5, 5.41) is 8.57. The molecule has 0 fully saturated rings. The Morgan fingerprint density at radius 1 is 1.18 bits per heavy atom. The van der Waals surface area contributed by atoms with Gasteiger partial charge in [-0.2, -0.15) is 0 Å². The fraction of sp³-hybridized carbons (Fsp3) is 0.467. The molecule has 0 bridgehead atoms. The zero-order valence-electron chi connectivity index (χ0n) is 13.2. The lowest BCUT2D eigenvalue weighted by atomic mass is 10.1. The number of rotatable bonds is 8. The monoisotopic (exact) mass is 329 g/mol. The van der Waals surface area contributed by atoms with E-state index in [0.29, 0.717) is 30.9 Å². The van der Waals surface area contributed by atoms with Crippen LogP contribution in [-0.2, 0) is 14.3 Å². The van der Waals surface area contributed by atoms with Gasteiger partial charge in [-0.3, -0.25) is 9.59 Å². The van der Waals surface area contributed by atoms with Crippen molar-refractivity contribution in [3.63, 3.8) is 0 Å². The van der Waals surface area contributed by atoms with E-state index in [1.165, 1.54) is 0 Å². The topological polar surface area (TPSA) is 79.5 Å². The molecule has 22 heavy (non-hydrogen) atoms. The number of ether oxygens (including phenoxy) is 1. The zero-order chi connectivity index (χ0) is 15.7. The number of nitrogens with one attached hydrogen (secondary N) is 3. The molecule has 0 unspecified atom stereocenters. The fourth-order valence-corrected chi connectivity index (χ4v) is 1.65. The van der Waals surface area contributed by atoms with Crippen molar-refractivity contribution >= 4 is 35.6 Å². The smallest absolute Gasteiger partial charge is 0.238 e. The van der Waals surface area contributed by atoms with E-state index in [1.54, 1.807) is 20.1 Å². The van der Waals surface area contributed by atoms with E-state index >= 15 is 0 Å². The molecule has 1 aromatic rings. The van der Waals surface area contributed by atoms with Gasteiger partial charge in [0.1, 0.15) is 0 Å². The Bertz CT molecular complexity index is 495. The van der Waals surface area contributed by atoms with Gasteiger partial charge in [-0.25, -0.2) is 0 Å². The average Bonchev–Trinajstić information content (AvgIpc) is 2.47. The summed E-state index contributed by atoms with van der Waals surface area (Å²) >= 11 is 0. The van der Waals surface area contributed by atoms with Gasteiger partial charge in [0.05, 0.1) is 13.2 Å². The summed E-state index contributed by atoms with van der Waals surface area (Å²) < 4.78 is 4.89. The molecule has 0 aliphatic heterocycles. The summed E-state index contributed by atoms with van der Waals surface area (Å²) in [5.74, 6) is -0.189. The van der Waals surface area contributed by atoms with Gasteiger partial charge in [-0.05, 0) is 24.6 Å². The first-order chi connectivity index (χ1) is 10.1. The standard InChI is InChI=1S/C15H23N3O3.ClH/c1-4-14(19)17-12-6-5-11(2)13(9-12)18-15(20)10-16-7-8-21-3;/h5-6,9,16H,4,7-8,10H2,1-3H3,(H,17,19)(H,18,20);1H. The maximum absolute atomic E-state index is 11.8. The second-order valence-electron chi connectivity index (χ2n) is 4.65. The van der Waals surface area contributed by atoms with Crippen molar-refractivity contribution in [2.75, 3.05) is 37.4 Å². The molecule has 2 amide bonds. The molecule has 6 nitrogen and oxygen atoms in total. The van der Waals surface area contributed by atoms with Crippen LogP contribution >= 0.6 is 12.4 Å². The van der Waals surface area contributed by atoms with Crippen molar-refractivity contribution in [3.8, 4) is 0 Å². The molecule has 0 saturated heterocycles. The molecule has 0 aliphatic rings. The van der Waals surface area contributed by atoms with Gasteiger partial charge in [0.15, 0.2) is 0 Å². The number of hydrogen-bond acceptors (Lipinski definition) is 4. The first-order valence-electron chi connectivity index (χ1n) is 6.96. The molecule has 7 heteroatoms. The average molecular weight is 330 g/mol. The van der Waals surface area contributed by atoms with Gasteiger partial charge >= 0.3 is 0 Å². The molecule has 0 aromatic heterocycles. The second kappa shape index (κ2) is 11.0. The highest BCUT2D eigenvalue weighted by Gasteiger charge is 2.06. The highest BCUT2D eigenvalue weighted by Crippen LogP contribution is 2.20. The second-order valence-corrected chi connectivity index (χ2v) is 4.65. The predicted molar refractivity (Wildman–Crippen MR) is 90.7 cm³/mol. The van der Waals surface area contributed by atoms with Crippen molar-refractivity contribution in [2.45, 2.75) is 20.3 Å². The van der Waals surface area contributed by atoms with E-state index < -0.39 is 0 Å². The van der Waals surface area contributed by atoms with Crippen LogP contribution in [0.15, 0.2) is 18.2 Å². The minimum atomic E-state index is -0.131. The molecule has 3 N–H and O–H groups in total. The van der Waals surface area contributed by atoms with E-state index in [2.05, 4.69) is 16.0 Å². The van der Waals surface area contributed by atoms with E-state index in [1.807, 2.05) is 19.1 Å². The molecule has 1 aromatic carbocycles. The summed E-state index contributed by atoms with van der Waals surface area (Å²) in [6.07, 6.45) is 0.416. The van der Waals surface area contributed by atoms with Crippen LogP contribution in [0, 0.1) is 6.92 Å². The van der Waals surface area contributed by atoms with Crippen molar-refractivity contribution in [2.24, 2.45) is 0 Å². The first kappa shape index (κ1) is 20.4. The molecular formula is C15H24ClN3O3. The Kier molecular flexibility index (Phi) is 10.2. The number of halogens is 1. The zero-order valence-corrected chi connectivity index (χ0v) is 14.0. The van der Waals surface area contributed by atoms with Crippen LogP contribution in [0.3, 0.4) is 0 Å².